The second kappa shape index (κ2) is 11.0. The van der Waals surface area contributed by atoms with Gasteiger partial charge >= 0.3 is 0 Å². The van der Waals surface area contributed by atoms with Crippen molar-refractivity contribution >= 4 is 43.7 Å². The quantitative estimate of drug-likeness (QED) is 0.193. The normalized spacial score (nSPS) is 11.8. The first-order valence-electron chi connectivity index (χ1n) is 13.1. The topological polar surface area (TPSA) is 158 Å². The average molecular weight is 603 g/mol. The van der Waals surface area contributed by atoms with Gasteiger partial charge in [-0.15, -0.1) is 0 Å². The second-order valence-electron chi connectivity index (χ2n) is 9.90. The summed E-state index contributed by atoms with van der Waals surface area (Å²) in [6.07, 6.45) is 5.95. The second-order valence-corrected chi connectivity index (χ2v) is 11.7. The molecule has 0 saturated heterocycles. The molecule has 0 fully saturated rings. The fourth-order valence-corrected chi connectivity index (χ4v) is 5.15. The molecule has 0 aliphatic carbocycles. The van der Waals surface area contributed by atoms with Gasteiger partial charge in [-0.3, -0.25) is 14.9 Å². The molecule has 0 radical (unpaired) electrons. The number of benzene rings is 2. The van der Waals surface area contributed by atoms with Gasteiger partial charge in [-0.2, -0.15) is 5.10 Å². The van der Waals surface area contributed by atoms with Gasteiger partial charge in [0.2, 0.25) is 15.9 Å². The van der Waals surface area contributed by atoms with Gasteiger partial charge in [0, 0.05) is 41.9 Å². The van der Waals surface area contributed by atoms with E-state index in [9.17, 15) is 17.6 Å². The van der Waals surface area contributed by atoms with Crippen molar-refractivity contribution in [3.05, 3.63) is 78.3 Å². The Morgan fingerprint density at radius 2 is 1.86 bits per heavy atom. The van der Waals surface area contributed by atoms with E-state index in [2.05, 4.69) is 35.2 Å². The Balaban J connectivity index is 1.41. The number of aromatic nitrogens is 6. The van der Waals surface area contributed by atoms with Gasteiger partial charge in [-0.05, 0) is 59.2 Å². The molecule has 0 aliphatic heterocycles. The minimum Gasteiger partial charge on any atom is -0.325 e. The SMILES string of the molecule is CCC(=O)Nc1cncc(-c2cc(F)c3[nH]nc(-c4nc5c(-c6cc(F)cc(CNS(C)(=O)=O)c6)ccnc5[nH]4)c3c2)c1. The molecule has 0 bridgehead atoms. The van der Waals surface area contributed by atoms with E-state index < -0.39 is 21.7 Å². The van der Waals surface area contributed by atoms with E-state index in [-0.39, 0.29) is 18.0 Å². The Hall–Kier alpha value is -5.08. The molecular formula is C29H24F2N8O3S. The lowest BCUT2D eigenvalue weighted by atomic mass is 10.0. The number of amides is 1. The lowest BCUT2D eigenvalue weighted by Gasteiger charge is -2.08. The standard InChI is InChI=1S/C29H24F2N8O3S/c1-3-24(40)35-20-9-18(13-32-14-20)16-10-22-25(23(31)11-16)38-39-27(22)29-36-26-21(4-5-33-28(26)37-29)17-6-15(7-19(30)8-17)12-34-43(2,41)42/h4-11,13-14,34H,3,12H2,1-2H3,(H,35,40)(H,38,39)(H,33,36,37). The largest absolute Gasteiger partial charge is 0.325 e. The van der Waals surface area contributed by atoms with E-state index in [0.717, 1.165) is 6.26 Å². The third-order valence-electron chi connectivity index (χ3n) is 6.72. The number of aromatic amines is 2. The van der Waals surface area contributed by atoms with E-state index in [0.29, 0.717) is 68.0 Å². The lowest BCUT2D eigenvalue weighted by molar-refractivity contribution is -0.115. The van der Waals surface area contributed by atoms with Crippen molar-refractivity contribution in [3.63, 3.8) is 0 Å². The first-order chi connectivity index (χ1) is 20.6. The van der Waals surface area contributed by atoms with Crippen LogP contribution in [-0.4, -0.2) is 50.7 Å². The van der Waals surface area contributed by atoms with Crippen LogP contribution >= 0.6 is 0 Å². The molecule has 0 atom stereocenters. The number of H-pyrrole nitrogens is 2. The molecule has 0 unspecified atom stereocenters. The number of halogens is 2. The molecule has 43 heavy (non-hydrogen) atoms. The van der Waals surface area contributed by atoms with Crippen LogP contribution in [-0.2, 0) is 21.4 Å². The summed E-state index contributed by atoms with van der Waals surface area (Å²) in [4.78, 5) is 28.2. The predicted molar refractivity (Wildman–Crippen MR) is 158 cm³/mol. The van der Waals surface area contributed by atoms with Crippen LogP contribution in [0.3, 0.4) is 0 Å². The minimum atomic E-state index is -3.48. The number of fused-ring (bicyclic) bond motifs is 2. The van der Waals surface area contributed by atoms with Crippen LogP contribution < -0.4 is 10.0 Å². The molecule has 0 spiro atoms. The van der Waals surface area contributed by atoms with Gasteiger partial charge < -0.3 is 10.3 Å². The molecule has 2 aromatic carbocycles. The first kappa shape index (κ1) is 28.1. The summed E-state index contributed by atoms with van der Waals surface area (Å²) >= 11 is 0. The summed E-state index contributed by atoms with van der Waals surface area (Å²) in [5.74, 6) is -0.956. The molecule has 4 heterocycles. The number of nitrogens with zero attached hydrogens (tertiary/aromatic N) is 4. The van der Waals surface area contributed by atoms with Crippen LogP contribution in [0.2, 0.25) is 0 Å². The Bertz CT molecular complexity index is 2140. The maximum atomic E-state index is 15.2. The minimum absolute atomic E-state index is 0.0831. The molecular weight excluding hydrogens is 578 g/mol. The summed E-state index contributed by atoms with van der Waals surface area (Å²) in [6.45, 7) is 1.65. The highest BCUT2D eigenvalue weighted by molar-refractivity contribution is 7.88. The van der Waals surface area contributed by atoms with Crippen molar-refractivity contribution in [2.45, 2.75) is 19.9 Å². The van der Waals surface area contributed by atoms with Crippen LogP contribution in [0.5, 0.6) is 0 Å². The van der Waals surface area contributed by atoms with E-state index in [4.69, 9.17) is 4.98 Å². The predicted octanol–water partition coefficient (Wildman–Crippen LogP) is 4.91. The number of hydrogen-bond donors (Lipinski definition) is 4. The average Bonchev–Trinajstić information content (AvgIpc) is 3.60. The Morgan fingerprint density at radius 3 is 2.65 bits per heavy atom. The number of imidazole rings is 1. The number of sulfonamides is 1. The van der Waals surface area contributed by atoms with Gasteiger partial charge in [0.1, 0.15) is 28.4 Å². The van der Waals surface area contributed by atoms with Crippen LogP contribution in [0.25, 0.3) is 55.8 Å². The molecule has 14 heteroatoms. The van der Waals surface area contributed by atoms with Gasteiger partial charge in [0.25, 0.3) is 0 Å². The van der Waals surface area contributed by atoms with Gasteiger partial charge in [-0.1, -0.05) is 6.92 Å². The molecule has 4 N–H and O–H groups in total. The fourth-order valence-electron chi connectivity index (χ4n) is 4.72. The molecule has 4 aromatic heterocycles. The summed E-state index contributed by atoms with van der Waals surface area (Å²) in [5.41, 5.74) is 4.35. The van der Waals surface area contributed by atoms with Crippen LogP contribution in [0.4, 0.5) is 14.5 Å². The Labute approximate surface area is 243 Å². The highest BCUT2D eigenvalue weighted by atomic mass is 32.2. The molecule has 0 aliphatic rings. The summed E-state index contributed by atoms with van der Waals surface area (Å²) in [7, 11) is -3.48. The van der Waals surface area contributed by atoms with Crippen LogP contribution in [0, 0.1) is 11.6 Å². The van der Waals surface area contributed by atoms with Crippen molar-refractivity contribution in [1.29, 1.82) is 0 Å². The number of nitrogens with one attached hydrogen (secondary N) is 4. The molecule has 6 aromatic rings. The smallest absolute Gasteiger partial charge is 0.224 e. The maximum Gasteiger partial charge on any atom is 0.224 e. The molecule has 6 rings (SSSR count). The Kier molecular flexibility index (Phi) is 7.15. The third-order valence-corrected chi connectivity index (χ3v) is 7.39. The van der Waals surface area contributed by atoms with Crippen molar-refractivity contribution in [2.24, 2.45) is 0 Å². The van der Waals surface area contributed by atoms with Gasteiger partial charge in [-0.25, -0.2) is 31.9 Å². The highest BCUT2D eigenvalue weighted by Crippen LogP contribution is 2.34. The van der Waals surface area contributed by atoms with E-state index in [1.54, 1.807) is 37.4 Å². The van der Waals surface area contributed by atoms with Crippen molar-refractivity contribution in [3.8, 4) is 33.8 Å². The Morgan fingerprint density at radius 1 is 1.02 bits per heavy atom. The number of carbonyl (C=O) groups is 1. The third kappa shape index (κ3) is 5.82. The fraction of sp³-hybridized carbons (Fsp3) is 0.138. The summed E-state index contributed by atoms with van der Waals surface area (Å²) in [6, 6.07) is 10.7. The van der Waals surface area contributed by atoms with Gasteiger partial charge in [0.05, 0.1) is 18.1 Å². The van der Waals surface area contributed by atoms with Crippen LogP contribution in [0.1, 0.15) is 18.9 Å². The molecule has 1 amide bonds. The summed E-state index contributed by atoms with van der Waals surface area (Å²) < 4.78 is 55.2. The molecule has 218 valence electrons. The van der Waals surface area contributed by atoms with E-state index in [1.165, 1.54) is 30.6 Å². The molecule has 0 saturated carbocycles. The van der Waals surface area contributed by atoms with E-state index >= 15 is 4.39 Å². The monoisotopic (exact) mass is 602 g/mol. The van der Waals surface area contributed by atoms with Crippen molar-refractivity contribution < 1.29 is 22.0 Å². The zero-order valence-electron chi connectivity index (χ0n) is 22.9. The van der Waals surface area contributed by atoms with Crippen molar-refractivity contribution in [1.82, 2.24) is 34.9 Å². The van der Waals surface area contributed by atoms with E-state index in [1.807, 2.05) is 0 Å². The number of hydrogen-bond acceptors (Lipinski definition) is 7. The highest BCUT2D eigenvalue weighted by Gasteiger charge is 2.19. The number of rotatable bonds is 8. The van der Waals surface area contributed by atoms with Crippen LogP contribution in [0.15, 0.2) is 61.1 Å². The number of pyridine rings is 2. The number of carbonyl (C=O) groups excluding carboxylic acids is 1. The lowest BCUT2D eigenvalue weighted by Crippen LogP contribution is -2.21. The molecule has 11 nitrogen and oxygen atoms in total. The van der Waals surface area contributed by atoms with Gasteiger partial charge in [0.15, 0.2) is 11.5 Å². The number of anilines is 1. The zero-order valence-corrected chi connectivity index (χ0v) is 23.7. The van der Waals surface area contributed by atoms with Crippen molar-refractivity contribution in [2.75, 3.05) is 11.6 Å². The first-order valence-corrected chi connectivity index (χ1v) is 15.0. The maximum absolute atomic E-state index is 15.2. The zero-order chi connectivity index (χ0) is 30.3. The summed E-state index contributed by atoms with van der Waals surface area (Å²) in [5, 5.41) is 10.2.